The number of rotatable bonds is 10. The Kier molecular flexibility index (Phi) is 9.74. The standard InChI is InChI=1S/C33H35N5O6S/c1-23(2)44-16-8-13-37-32(39)29(24(3)30(21-34)33(37)40)20-26-22-38(27-10-5-4-6-11-27)35-31(26)25-9-7-12-28(19-25)45(41,42)36-14-17-43-18-15-36/h4-7,9-12,19-20,22-23H,8,13-18H2,1-3H3/b29-20+. The molecule has 0 spiro atoms. The number of morpholine rings is 1. The third-order valence-corrected chi connectivity index (χ3v) is 9.48. The van der Waals surface area contributed by atoms with Gasteiger partial charge in [0, 0.05) is 49.1 Å². The lowest BCUT2D eigenvalue weighted by molar-refractivity contribution is -0.140. The Labute approximate surface area is 263 Å². The zero-order valence-electron chi connectivity index (χ0n) is 25.5. The van der Waals surface area contributed by atoms with Crippen LogP contribution in [0.5, 0.6) is 0 Å². The van der Waals surface area contributed by atoms with Gasteiger partial charge in [-0.2, -0.15) is 14.7 Å². The van der Waals surface area contributed by atoms with Crippen LogP contribution in [0.2, 0.25) is 0 Å². The summed E-state index contributed by atoms with van der Waals surface area (Å²) in [4.78, 5) is 28.1. The second kappa shape index (κ2) is 13.7. The van der Waals surface area contributed by atoms with Crippen molar-refractivity contribution in [3.8, 4) is 23.0 Å². The zero-order chi connectivity index (χ0) is 32.1. The van der Waals surface area contributed by atoms with Gasteiger partial charge in [0.05, 0.1) is 29.9 Å². The molecule has 3 aromatic rings. The number of nitriles is 1. The minimum atomic E-state index is -3.78. The number of aromatic nitrogens is 2. The van der Waals surface area contributed by atoms with E-state index in [1.807, 2.05) is 50.2 Å². The van der Waals surface area contributed by atoms with Crippen molar-refractivity contribution < 1.29 is 27.5 Å². The predicted molar refractivity (Wildman–Crippen MR) is 167 cm³/mol. The van der Waals surface area contributed by atoms with Crippen LogP contribution in [0.4, 0.5) is 0 Å². The summed E-state index contributed by atoms with van der Waals surface area (Å²) in [5.41, 5.74) is 2.56. The molecule has 0 atom stereocenters. The van der Waals surface area contributed by atoms with Gasteiger partial charge in [-0.1, -0.05) is 30.3 Å². The first-order valence-electron chi connectivity index (χ1n) is 14.8. The number of hydrogen-bond donors (Lipinski definition) is 0. The highest BCUT2D eigenvalue weighted by Gasteiger charge is 2.35. The molecule has 2 amide bonds. The van der Waals surface area contributed by atoms with Gasteiger partial charge in [-0.05, 0) is 63.1 Å². The largest absolute Gasteiger partial charge is 0.379 e. The molecule has 0 bridgehead atoms. The van der Waals surface area contributed by atoms with Crippen LogP contribution in [0.15, 0.2) is 82.4 Å². The van der Waals surface area contributed by atoms with E-state index in [4.69, 9.17) is 14.6 Å². The van der Waals surface area contributed by atoms with Crippen molar-refractivity contribution in [3.63, 3.8) is 0 Å². The average molecular weight is 630 g/mol. The molecule has 234 valence electrons. The van der Waals surface area contributed by atoms with Crippen molar-refractivity contribution in [2.75, 3.05) is 39.5 Å². The molecule has 0 aliphatic carbocycles. The number of benzene rings is 2. The highest BCUT2D eigenvalue weighted by Crippen LogP contribution is 2.32. The zero-order valence-corrected chi connectivity index (χ0v) is 26.3. The van der Waals surface area contributed by atoms with Crippen molar-refractivity contribution in [2.45, 2.75) is 38.2 Å². The molecule has 2 aromatic carbocycles. The van der Waals surface area contributed by atoms with Gasteiger partial charge in [0.2, 0.25) is 10.0 Å². The molecular formula is C33H35N5O6S. The number of sulfonamides is 1. The molecule has 1 aromatic heterocycles. The SMILES string of the molecule is CC1=C(C#N)C(=O)N(CCCOC(C)C)C(=O)/C1=C/c1cn(-c2ccccc2)nc1-c1cccc(S(=O)(=O)N2CCOCC2)c1. The number of amides is 2. The maximum atomic E-state index is 13.8. The van der Waals surface area contributed by atoms with E-state index in [0.29, 0.717) is 43.1 Å². The number of imide groups is 1. The molecule has 0 N–H and O–H groups in total. The first kappa shape index (κ1) is 32.0. The summed E-state index contributed by atoms with van der Waals surface area (Å²) >= 11 is 0. The summed E-state index contributed by atoms with van der Waals surface area (Å²) in [6, 6.07) is 17.9. The Morgan fingerprint density at radius 2 is 1.80 bits per heavy atom. The second-order valence-corrected chi connectivity index (χ2v) is 12.9. The molecule has 11 nitrogen and oxygen atoms in total. The fourth-order valence-corrected chi connectivity index (χ4v) is 6.65. The van der Waals surface area contributed by atoms with Gasteiger partial charge >= 0.3 is 0 Å². The normalized spacial score (nSPS) is 17.4. The number of carbonyl (C=O) groups is 2. The van der Waals surface area contributed by atoms with Crippen LogP contribution in [0.25, 0.3) is 23.0 Å². The van der Waals surface area contributed by atoms with Crippen LogP contribution in [0, 0.1) is 11.3 Å². The van der Waals surface area contributed by atoms with Crippen molar-refractivity contribution in [3.05, 3.63) is 83.1 Å². The highest BCUT2D eigenvalue weighted by atomic mass is 32.2. The number of ether oxygens (including phenoxy) is 2. The molecule has 45 heavy (non-hydrogen) atoms. The van der Waals surface area contributed by atoms with Crippen molar-refractivity contribution in [1.29, 1.82) is 5.26 Å². The molecule has 12 heteroatoms. The number of carbonyl (C=O) groups excluding carboxylic acids is 2. The number of hydrogen-bond acceptors (Lipinski definition) is 8. The topological polar surface area (TPSA) is 135 Å². The summed E-state index contributed by atoms with van der Waals surface area (Å²) in [6.45, 7) is 7.02. The maximum absolute atomic E-state index is 13.8. The van der Waals surface area contributed by atoms with Gasteiger partial charge in [0.25, 0.3) is 11.8 Å². The highest BCUT2D eigenvalue weighted by molar-refractivity contribution is 7.89. The van der Waals surface area contributed by atoms with Crippen LogP contribution in [-0.2, 0) is 29.1 Å². The Morgan fingerprint density at radius 3 is 2.49 bits per heavy atom. The quantitative estimate of drug-likeness (QED) is 0.187. The van der Waals surface area contributed by atoms with Crippen LogP contribution in [-0.4, -0.2) is 84.8 Å². The van der Waals surface area contributed by atoms with Crippen LogP contribution < -0.4 is 0 Å². The van der Waals surface area contributed by atoms with Gasteiger partial charge in [-0.15, -0.1) is 0 Å². The molecule has 1 fully saturated rings. The number of nitrogens with zero attached hydrogens (tertiary/aromatic N) is 5. The Hall–Kier alpha value is -4.41. The molecule has 0 saturated carbocycles. The van der Waals surface area contributed by atoms with Crippen molar-refractivity contribution in [2.24, 2.45) is 0 Å². The Morgan fingerprint density at radius 1 is 1.07 bits per heavy atom. The van der Waals surface area contributed by atoms with Crippen molar-refractivity contribution in [1.82, 2.24) is 19.0 Å². The lowest BCUT2D eigenvalue weighted by Crippen LogP contribution is -2.43. The van der Waals surface area contributed by atoms with Gasteiger partial charge < -0.3 is 9.47 Å². The lowest BCUT2D eigenvalue weighted by Gasteiger charge is -2.27. The molecule has 0 radical (unpaired) electrons. The first-order valence-corrected chi connectivity index (χ1v) is 16.2. The van der Waals surface area contributed by atoms with E-state index < -0.39 is 21.8 Å². The molecule has 3 heterocycles. The second-order valence-electron chi connectivity index (χ2n) is 11.0. The Bertz CT molecular complexity index is 1800. The van der Waals surface area contributed by atoms with E-state index in [1.165, 1.54) is 4.31 Å². The summed E-state index contributed by atoms with van der Waals surface area (Å²) in [5.74, 6) is -1.16. The summed E-state index contributed by atoms with van der Waals surface area (Å²) in [7, 11) is -3.78. The first-order chi connectivity index (χ1) is 21.6. The summed E-state index contributed by atoms with van der Waals surface area (Å²) in [5, 5.41) is 14.7. The van der Waals surface area contributed by atoms with Gasteiger partial charge in [0.15, 0.2) is 0 Å². The van der Waals surface area contributed by atoms with Crippen molar-refractivity contribution >= 4 is 27.9 Å². The van der Waals surface area contributed by atoms with Crippen LogP contribution >= 0.6 is 0 Å². The fourth-order valence-electron chi connectivity index (χ4n) is 5.20. The minimum Gasteiger partial charge on any atom is -0.379 e. The molecular weight excluding hydrogens is 594 g/mol. The maximum Gasteiger partial charge on any atom is 0.271 e. The smallest absolute Gasteiger partial charge is 0.271 e. The number of para-hydroxylation sites is 1. The third-order valence-electron chi connectivity index (χ3n) is 7.58. The molecule has 1 saturated heterocycles. The van der Waals surface area contributed by atoms with E-state index in [-0.39, 0.29) is 47.4 Å². The van der Waals surface area contributed by atoms with E-state index >= 15 is 0 Å². The van der Waals surface area contributed by atoms with Gasteiger partial charge in [0.1, 0.15) is 17.3 Å². The van der Waals surface area contributed by atoms with Gasteiger partial charge in [-0.25, -0.2) is 13.1 Å². The van der Waals surface area contributed by atoms with Gasteiger partial charge in [-0.3, -0.25) is 14.5 Å². The summed E-state index contributed by atoms with van der Waals surface area (Å²) in [6.07, 6.45) is 3.78. The van der Waals surface area contributed by atoms with E-state index in [1.54, 1.807) is 48.1 Å². The molecule has 5 rings (SSSR count). The van der Waals surface area contributed by atoms with Crippen LogP contribution in [0.3, 0.4) is 0 Å². The lowest BCUT2D eigenvalue weighted by atomic mass is 9.93. The van der Waals surface area contributed by atoms with E-state index in [0.717, 1.165) is 10.6 Å². The van der Waals surface area contributed by atoms with E-state index in [2.05, 4.69) is 0 Å². The molecule has 2 aliphatic rings. The predicted octanol–water partition coefficient (Wildman–Crippen LogP) is 3.97. The average Bonchev–Trinajstić information content (AvgIpc) is 3.48. The van der Waals surface area contributed by atoms with E-state index in [9.17, 15) is 23.3 Å². The molecule has 0 unspecified atom stereocenters. The monoisotopic (exact) mass is 629 g/mol. The summed E-state index contributed by atoms with van der Waals surface area (Å²) < 4.78 is 40.9. The Balaban J connectivity index is 1.60. The third kappa shape index (κ3) is 6.82. The van der Waals surface area contributed by atoms with Crippen LogP contribution in [0.1, 0.15) is 32.8 Å². The minimum absolute atomic E-state index is 0.00644. The fraction of sp³-hybridized carbons (Fsp3) is 0.333. The molecule has 2 aliphatic heterocycles.